The summed E-state index contributed by atoms with van der Waals surface area (Å²) in [6.45, 7) is 7.10. The fourth-order valence-electron chi connectivity index (χ4n) is 2.03. The summed E-state index contributed by atoms with van der Waals surface area (Å²) in [5, 5.41) is 11.1. The van der Waals surface area contributed by atoms with Crippen LogP contribution in [0.1, 0.15) is 37.5 Å². The molecule has 2 rings (SSSR count). The minimum atomic E-state index is -1.06. The number of anilines is 1. The molecular weight excluding hydrogens is 324 g/mol. The van der Waals surface area contributed by atoms with Crippen LogP contribution in [0.5, 0.6) is 0 Å². The zero-order valence-electron chi connectivity index (χ0n) is 14.2. The van der Waals surface area contributed by atoms with Crippen LogP contribution in [0.3, 0.4) is 0 Å². The maximum absolute atomic E-state index is 12.5. The van der Waals surface area contributed by atoms with Crippen LogP contribution in [-0.2, 0) is 4.79 Å². The number of carbonyl (C=O) groups is 2. The van der Waals surface area contributed by atoms with E-state index >= 15 is 0 Å². The molecule has 1 heterocycles. The normalized spacial score (nSPS) is 12.3. The molecule has 0 radical (unpaired) electrons. The summed E-state index contributed by atoms with van der Waals surface area (Å²) in [5.74, 6) is -0.272. The topological polar surface area (TPSA) is 83.1 Å². The summed E-state index contributed by atoms with van der Waals surface area (Å²) in [5.41, 5.74) is 0.535. The smallest absolute Gasteiger partial charge is 0.320 e. The van der Waals surface area contributed by atoms with Crippen molar-refractivity contribution in [1.82, 2.24) is 15.6 Å². The first-order chi connectivity index (χ1) is 11.3. The number of carbonyl (C=O) groups excluding carboxylic acids is 2. The molecule has 128 valence electrons. The maximum atomic E-state index is 12.5. The molecule has 0 saturated carbocycles. The van der Waals surface area contributed by atoms with E-state index in [0.29, 0.717) is 5.69 Å². The number of rotatable bonds is 5. The lowest BCUT2D eigenvalue weighted by molar-refractivity contribution is -0.126. The van der Waals surface area contributed by atoms with E-state index in [1.807, 2.05) is 37.4 Å². The van der Waals surface area contributed by atoms with Crippen molar-refractivity contribution >= 4 is 29.0 Å². The molecule has 3 amide bonds. The molecule has 0 bridgehead atoms. The number of thiazole rings is 1. The predicted octanol–water partition coefficient (Wildman–Crippen LogP) is 3.23. The molecule has 6 nitrogen and oxygen atoms in total. The summed E-state index contributed by atoms with van der Waals surface area (Å²) >= 11 is 1.50. The van der Waals surface area contributed by atoms with Crippen LogP contribution < -0.4 is 16.0 Å². The highest BCUT2D eigenvalue weighted by atomic mass is 32.1. The van der Waals surface area contributed by atoms with Gasteiger partial charge in [0, 0.05) is 16.8 Å². The Morgan fingerprint density at radius 2 is 1.88 bits per heavy atom. The van der Waals surface area contributed by atoms with Crippen LogP contribution in [0.15, 0.2) is 35.7 Å². The van der Waals surface area contributed by atoms with E-state index in [2.05, 4.69) is 20.9 Å². The summed E-state index contributed by atoms with van der Waals surface area (Å²) in [7, 11) is 0. The third kappa shape index (κ3) is 4.79. The van der Waals surface area contributed by atoms with Crippen LogP contribution in [0.2, 0.25) is 0 Å². The van der Waals surface area contributed by atoms with E-state index in [9.17, 15) is 9.59 Å². The lowest BCUT2D eigenvalue weighted by Crippen LogP contribution is -2.56. The Balaban J connectivity index is 1.93. The summed E-state index contributed by atoms with van der Waals surface area (Å²) in [6, 6.07) is 8.42. The summed E-state index contributed by atoms with van der Waals surface area (Å²) in [6.07, 6.45) is 0. The molecule has 0 aliphatic carbocycles. The Kier molecular flexibility index (Phi) is 5.56. The van der Waals surface area contributed by atoms with Crippen molar-refractivity contribution in [1.29, 1.82) is 0 Å². The van der Waals surface area contributed by atoms with E-state index in [0.717, 1.165) is 10.7 Å². The number of para-hydroxylation sites is 1. The van der Waals surface area contributed by atoms with Crippen molar-refractivity contribution in [3.63, 3.8) is 0 Å². The van der Waals surface area contributed by atoms with Gasteiger partial charge in [-0.25, -0.2) is 9.78 Å². The Morgan fingerprint density at radius 3 is 2.46 bits per heavy atom. The number of hydrogen-bond acceptors (Lipinski definition) is 4. The Morgan fingerprint density at radius 1 is 1.21 bits per heavy atom. The van der Waals surface area contributed by atoms with Gasteiger partial charge in [0.1, 0.15) is 10.5 Å². The Hall–Kier alpha value is -2.41. The molecule has 0 unspecified atom stereocenters. The zero-order chi connectivity index (χ0) is 17.7. The molecule has 2 aromatic rings. The molecule has 1 atom stereocenters. The first kappa shape index (κ1) is 17.9. The fraction of sp³-hybridized carbons (Fsp3) is 0.353. The number of hydrogen-bond donors (Lipinski definition) is 3. The lowest BCUT2D eigenvalue weighted by Gasteiger charge is -2.26. The third-order valence-corrected chi connectivity index (χ3v) is 4.53. The van der Waals surface area contributed by atoms with Crippen LogP contribution in [0, 0.1) is 6.92 Å². The molecule has 3 N–H and O–H groups in total. The van der Waals surface area contributed by atoms with Gasteiger partial charge in [0.25, 0.3) is 0 Å². The molecule has 1 aromatic heterocycles. The summed E-state index contributed by atoms with van der Waals surface area (Å²) < 4.78 is 0. The average Bonchev–Trinajstić information content (AvgIpc) is 2.94. The molecule has 7 heteroatoms. The van der Waals surface area contributed by atoms with Crippen molar-refractivity contribution < 1.29 is 9.59 Å². The van der Waals surface area contributed by atoms with Gasteiger partial charge in [0.15, 0.2) is 0 Å². The van der Waals surface area contributed by atoms with E-state index in [4.69, 9.17) is 0 Å². The number of benzene rings is 1. The fourth-order valence-corrected chi connectivity index (χ4v) is 2.84. The SMILES string of the molecule is Cc1csc([C@H](C)NC(=O)C(C)(C)NC(=O)Nc2ccccc2)n1. The number of amides is 3. The summed E-state index contributed by atoms with van der Waals surface area (Å²) in [4.78, 5) is 28.9. The van der Waals surface area contributed by atoms with E-state index in [-0.39, 0.29) is 11.9 Å². The van der Waals surface area contributed by atoms with Gasteiger partial charge in [-0.1, -0.05) is 18.2 Å². The Bertz CT molecular complexity index is 712. The molecular formula is C17H22N4O2S. The number of aryl methyl sites for hydroxylation is 1. The minimum absolute atomic E-state index is 0.213. The van der Waals surface area contributed by atoms with Gasteiger partial charge in [0.2, 0.25) is 5.91 Å². The Labute approximate surface area is 145 Å². The molecule has 24 heavy (non-hydrogen) atoms. The molecule has 0 saturated heterocycles. The van der Waals surface area contributed by atoms with Crippen LogP contribution >= 0.6 is 11.3 Å². The molecule has 0 aliphatic heterocycles. The second-order valence-corrected chi connectivity index (χ2v) is 6.98. The van der Waals surface area contributed by atoms with Gasteiger partial charge in [0.05, 0.1) is 6.04 Å². The first-order valence-corrected chi connectivity index (χ1v) is 8.53. The van der Waals surface area contributed by atoms with Crippen LogP contribution in [-0.4, -0.2) is 22.5 Å². The molecule has 1 aromatic carbocycles. The van der Waals surface area contributed by atoms with Gasteiger partial charge >= 0.3 is 6.03 Å². The highest BCUT2D eigenvalue weighted by Gasteiger charge is 2.31. The predicted molar refractivity (Wildman–Crippen MR) is 96.1 cm³/mol. The zero-order valence-corrected chi connectivity index (χ0v) is 15.0. The van der Waals surface area contributed by atoms with Gasteiger partial charge in [-0.3, -0.25) is 4.79 Å². The van der Waals surface area contributed by atoms with Gasteiger partial charge in [-0.2, -0.15) is 0 Å². The highest BCUT2D eigenvalue weighted by Crippen LogP contribution is 2.18. The van der Waals surface area contributed by atoms with Gasteiger partial charge < -0.3 is 16.0 Å². The van der Waals surface area contributed by atoms with Crippen LogP contribution in [0.25, 0.3) is 0 Å². The minimum Gasteiger partial charge on any atom is -0.345 e. The van der Waals surface area contributed by atoms with Crippen molar-refractivity contribution in [2.45, 2.75) is 39.3 Å². The van der Waals surface area contributed by atoms with E-state index < -0.39 is 11.6 Å². The molecule has 0 aliphatic rings. The largest absolute Gasteiger partial charge is 0.345 e. The number of nitrogens with zero attached hydrogens (tertiary/aromatic N) is 1. The van der Waals surface area contributed by atoms with Gasteiger partial charge in [-0.15, -0.1) is 11.3 Å². The second-order valence-electron chi connectivity index (χ2n) is 6.09. The van der Waals surface area contributed by atoms with Crippen molar-refractivity contribution in [3.05, 3.63) is 46.4 Å². The first-order valence-electron chi connectivity index (χ1n) is 7.65. The number of aromatic nitrogens is 1. The van der Waals surface area contributed by atoms with Crippen molar-refractivity contribution in [2.75, 3.05) is 5.32 Å². The van der Waals surface area contributed by atoms with Gasteiger partial charge in [-0.05, 0) is 39.8 Å². The average molecular weight is 346 g/mol. The lowest BCUT2D eigenvalue weighted by atomic mass is 10.0. The quantitative estimate of drug-likeness (QED) is 0.777. The number of nitrogens with one attached hydrogen (secondary N) is 3. The standard InChI is InChI=1S/C17H22N4O2S/c1-11-10-24-14(18-11)12(2)19-15(22)17(3,4)21-16(23)20-13-8-6-5-7-9-13/h5-10,12H,1-4H3,(H,19,22)(H2,20,21,23)/t12-/m0/s1. The third-order valence-electron chi connectivity index (χ3n) is 3.38. The van der Waals surface area contributed by atoms with E-state index in [1.54, 1.807) is 26.0 Å². The van der Waals surface area contributed by atoms with E-state index in [1.165, 1.54) is 11.3 Å². The highest BCUT2D eigenvalue weighted by molar-refractivity contribution is 7.09. The maximum Gasteiger partial charge on any atom is 0.320 e. The number of urea groups is 1. The second kappa shape index (κ2) is 7.44. The van der Waals surface area contributed by atoms with Crippen molar-refractivity contribution in [2.24, 2.45) is 0 Å². The van der Waals surface area contributed by atoms with Crippen LogP contribution in [0.4, 0.5) is 10.5 Å². The monoisotopic (exact) mass is 346 g/mol. The molecule has 0 spiro atoms. The van der Waals surface area contributed by atoms with Crippen molar-refractivity contribution in [3.8, 4) is 0 Å². The molecule has 0 fully saturated rings.